The minimum atomic E-state index is -0.169. The molecule has 1 radical (unpaired) electrons. The van der Waals surface area contributed by atoms with Crippen LogP contribution in [-0.4, -0.2) is 12.6 Å². The highest BCUT2D eigenvalue weighted by Crippen LogP contribution is 2.31. The summed E-state index contributed by atoms with van der Waals surface area (Å²) >= 11 is 1.45. The lowest BCUT2D eigenvalue weighted by molar-refractivity contribution is -0.139. The number of esters is 1. The van der Waals surface area contributed by atoms with Crippen LogP contribution >= 0.6 is 11.8 Å². The Labute approximate surface area is 64.6 Å². The van der Waals surface area contributed by atoms with Gasteiger partial charge in [0.15, 0.2) is 0 Å². The molecule has 0 fully saturated rings. The van der Waals surface area contributed by atoms with Gasteiger partial charge in [0.1, 0.15) is 5.25 Å². The summed E-state index contributed by atoms with van der Waals surface area (Å²) in [6.45, 7) is 2.27. The van der Waals surface area contributed by atoms with Gasteiger partial charge in [-0.15, -0.1) is 11.8 Å². The van der Waals surface area contributed by atoms with Crippen LogP contribution in [0, 0.1) is 5.25 Å². The van der Waals surface area contributed by atoms with E-state index in [0.29, 0.717) is 6.61 Å². The fourth-order valence-electron chi connectivity index (χ4n) is 0.677. The Kier molecular flexibility index (Phi) is 2.81. The first-order valence-electron chi connectivity index (χ1n) is 3.19. The molecule has 0 aromatic heterocycles. The van der Waals surface area contributed by atoms with Gasteiger partial charge in [0.2, 0.25) is 0 Å². The van der Waals surface area contributed by atoms with Gasteiger partial charge in [-0.3, -0.25) is 4.79 Å². The molecule has 0 bridgehead atoms. The van der Waals surface area contributed by atoms with Gasteiger partial charge < -0.3 is 4.74 Å². The second-order valence-electron chi connectivity index (χ2n) is 1.84. The van der Waals surface area contributed by atoms with Crippen molar-refractivity contribution >= 4 is 17.7 Å². The lowest BCUT2D eigenvalue weighted by atomic mass is 10.3. The predicted octanol–water partition coefficient (Wildman–Crippen LogP) is 1.73. The van der Waals surface area contributed by atoms with E-state index in [1.54, 1.807) is 0 Å². The first-order chi connectivity index (χ1) is 4.84. The van der Waals surface area contributed by atoms with Gasteiger partial charge in [-0.2, -0.15) is 0 Å². The highest BCUT2D eigenvalue weighted by Gasteiger charge is 2.21. The molecule has 1 rings (SSSR count). The Hall–Kier alpha value is -0.440. The molecule has 10 heavy (non-hydrogen) atoms. The van der Waals surface area contributed by atoms with Crippen molar-refractivity contribution in [2.75, 3.05) is 6.61 Å². The van der Waals surface area contributed by atoms with E-state index in [4.69, 9.17) is 4.74 Å². The summed E-state index contributed by atoms with van der Waals surface area (Å²) in [4.78, 5) is 10.9. The molecule has 3 heteroatoms. The maximum Gasteiger partial charge on any atom is 0.324 e. The Morgan fingerprint density at radius 1 is 1.90 bits per heavy atom. The summed E-state index contributed by atoms with van der Waals surface area (Å²) < 4.78 is 4.79. The van der Waals surface area contributed by atoms with Crippen molar-refractivity contribution in [2.45, 2.75) is 13.3 Å². The van der Waals surface area contributed by atoms with Gasteiger partial charge in [0.05, 0.1) is 6.61 Å². The fourth-order valence-corrected chi connectivity index (χ4v) is 1.38. The van der Waals surface area contributed by atoms with Gasteiger partial charge in [0, 0.05) is 0 Å². The average Bonchev–Trinajstić information content (AvgIpc) is 2.38. The SMILES string of the molecule is CCOC(=O)[C]1CC=CS1. The molecule has 55 valence electrons. The summed E-state index contributed by atoms with van der Waals surface area (Å²) in [5.74, 6) is -0.169. The minimum Gasteiger partial charge on any atom is -0.465 e. The van der Waals surface area contributed by atoms with Crippen molar-refractivity contribution in [2.24, 2.45) is 0 Å². The largest absolute Gasteiger partial charge is 0.465 e. The zero-order valence-electron chi connectivity index (χ0n) is 5.79. The molecule has 0 aliphatic carbocycles. The lowest BCUT2D eigenvalue weighted by Gasteiger charge is -2.04. The average molecular weight is 157 g/mol. The molecule has 0 spiro atoms. The van der Waals surface area contributed by atoms with Crippen molar-refractivity contribution in [3.05, 3.63) is 16.7 Å². The Morgan fingerprint density at radius 3 is 3.20 bits per heavy atom. The Bertz CT molecular complexity index is 146. The zero-order chi connectivity index (χ0) is 7.40. The van der Waals surface area contributed by atoms with Crippen LogP contribution in [-0.2, 0) is 9.53 Å². The molecule has 0 saturated carbocycles. The van der Waals surface area contributed by atoms with Crippen molar-refractivity contribution in [3.63, 3.8) is 0 Å². The molecule has 0 amide bonds. The van der Waals surface area contributed by atoms with E-state index >= 15 is 0 Å². The summed E-state index contributed by atoms with van der Waals surface area (Å²) in [7, 11) is 0. The summed E-state index contributed by atoms with van der Waals surface area (Å²) in [6, 6.07) is 0. The molecular weight excluding hydrogens is 148 g/mol. The monoisotopic (exact) mass is 157 g/mol. The van der Waals surface area contributed by atoms with Gasteiger partial charge in [-0.25, -0.2) is 0 Å². The van der Waals surface area contributed by atoms with Crippen molar-refractivity contribution in [1.29, 1.82) is 0 Å². The highest BCUT2D eigenvalue weighted by molar-refractivity contribution is 8.05. The molecule has 1 heterocycles. The van der Waals surface area contributed by atoms with Gasteiger partial charge in [-0.05, 0) is 18.8 Å². The van der Waals surface area contributed by atoms with Crippen LogP contribution in [0.4, 0.5) is 0 Å². The van der Waals surface area contributed by atoms with E-state index in [0.717, 1.165) is 11.7 Å². The van der Waals surface area contributed by atoms with Crippen LogP contribution < -0.4 is 0 Å². The standard InChI is InChI=1S/C7H9O2S/c1-2-9-7(8)6-4-3-5-10-6/h3,5H,2,4H2,1H3. The highest BCUT2D eigenvalue weighted by atomic mass is 32.2. The third-order valence-electron chi connectivity index (χ3n) is 1.11. The topological polar surface area (TPSA) is 26.3 Å². The predicted molar refractivity (Wildman–Crippen MR) is 41.2 cm³/mol. The minimum absolute atomic E-state index is 0.169. The van der Waals surface area contributed by atoms with Gasteiger partial charge >= 0.3 is 5.97 Å². The van der Waals surface area contributed by atoms with E-state index in [1.165, 1.54) is 11.8 Å². The second kappa shape index (κ2) is 3.66. The second-order valence-corrected chi connectivity index (χ2v) is 2.84. The number of allylic oxidation sites excluding steroid dienone is 1. The first kappa shape index (κ1) is 7.66. The molecule has 0 aromatic rings. The Morgan fingerprint density at radius 2 is 2.70 bits per heavy atom. The first-order valence-corrected chi connectivity index (χ1v) is 4.07. The number of carbonyl (C=O) groups is 1. The fraction of sp³-hybridized carbons (Fsp3) is 0.429. The Balaban J connectivity index is 2.28. The van der Waals surface area contributed by atoms with Crippen LogP contribution in [0.2, 0.25) is 0 Å². The summed E-state index contributed by atoms with van der Waals surface area (Å²) in [5.41, 5.74) is 0. The normalized spacial score (nSPS) is 17.7. The molecule has 0 N–H and O–H groups in total. The molecule has 0 saturated heterocycles. The summed E-state index contributed by atoms with van der Waals surface area (Å²) in [5, 5.41) is 2.70. The van der Waals surface area contributed by atoms with E-state index in [2.05, 4.69) is 0 Å². The number of ether oxygens (including phenoxy) is 1. The van der Waals surface area contributed by atoms with Crippen LogP contribution in [0.1, 0.15) is 13.3 Å². The molecule has 0 unspecified atom stereocenters. The number of hydrogen-bond donors (Lipinski definition) is 0. The molecule has 2 nitrogen and oxygen atoms in total. The van der Waals surface area contributed by atoms with E-state index in [9.17, 15) is 4.79 Å². The number of rotatable bonds is 2. The molecule has 1 aliphatic rings. The maximum atomic E-state index is 10.9. The number of carbonyl (C=O) groups excluding carboxylic acids is 1. The van der Waals surface area contributed by atoms with Gasteiger partial charge in [0.25, 0.3) is 0 Å². The molecule has 0 atom stereocenters. The summed E-state index contributed by atoms with van der Waals surface area (Å²) in [6.07, 6.45) is 2.69. The smallest absolute Gasteiger partial charge is 0.324 e. The van der Waals surface area contributed by atoms with Crippen LogP contribution in [0.5, 0.6) is 0 Å². The van der Waals surface area contributed by atoms with Crippen molar-refractivity contribution in [3.8, 4) is 0 Å². The van der Waals surface area contributed by atoms with Crippen molar-refractivity contribution < 1.29 is 9.53 Å². The maximum absolute atomic E-state index is 10.9. The van der Waals surface area contributed by atoms with Crippen LogP contribution in [0.15, 0.2) is 11.5 Å². The quantitative estimate of drug-likeness (QED) is 0.571. The number of hydrogen-bond acceptors (Lipinski definition) is 3. The number of thioether (sulfide) groups is 1. The lowest BCUT2D eigenvalue weighted by Crippen LogP contribution is -2.09. The van der Waals surface area contributed by atoms with E-state index < -0.39 is 0 Å². The van der Waals surface area contributed by atoms with E-state index in [-0.39, 0.29) is 5.97 Å². The van der Waals surface area contributed by atoms with Crippen LogP contribution in [0.25, 0.3) is 0 Å². The molecule has 1 aliphatic heterocycles. The van der Waals surface area contributed by atoms with Gasteiger partial charge in [-0.1, -0.05) is 6.08 Å². The molecule has 0 aromatic carbocycles. The van der Waals surface area contributed by atoms with Crippen molar-refractivity contribution in [1.82, 2.24) is 0 Å². The third-order valence-corrected chi connectivity index (χ3v) is 2.06. The third kappa shape index (κ3) is 1.77. The molecular formula is C7H9O2S. The van der Waals surface area contributed by atoms with Crippen LogP contribution in [0.3, 0.4) is 0 Å². The van der Waals surface area contributed by atoms with E-state index in [1.807, 2.05) is 18.4 Å². The zero-order valence-corrected chi connectivity index (χ0v) is 6.61.